The van der Waals surface area contributed by atoms with E-state index in [1.165, 1.54) is 0 Å². The van der Waals surface area contributed by atoms with Gasteiger partial charge in [0.1, 0.15) is 5.69 Å². The Balaban J connectivity index is 1.59. The van der Waals surface area contributed by atoms with Crippen molar-refractivity contribution in [2.24, 2.45) is 0 Å². The lowest BCUT2D eigenvalue weighted by atomic mass is 10.2. The largest absolute Gasteiger partial charge is 0.481 e. The molecule has 25 heavy (non-hydrogen) atoms. The summed E-state index contributed by atoms with van der Waals surface area (Å²) in [5.41, 5.74) is 2.53. The van der Waals surface area contributed by atoms with Gasteiger partial charge in [0.25, 0.3) is 5.91 Å². The molecule has 0 spiro atoms. The Bertz CT molecular complexity index is 753. The molecule has 5 nitrogen and oxygen atoms in total. The van der Waals surface area contributed by atoms with E-state index in [4.69, 9.17) is 9.47 Å². The zero-order chi connectivity index (χ0) is 17.9. The Hall–Kier alpha value is -1.44. The number of pyridine rings is 1. The molecule has 3 rings (SSSR count). The van der Waals surface area contributed by atoms with E-state index in [9.17, 15) is 4.79 Å². The van der Waals surface area contributed by atoms with Crippen LogP contribution in [0.15, 0.2) is 42.5 Å². The molecule has 0 saturated heterocycles. The number of halogens is 2. The smallest absolute Gasteiger partial charge is 0.261 e. The minimum atomic E-state index is -1.01. The Morgan fingerprint density at radius 2 is 1.92 bits per heavy atom. The number of fused-ring (bicyclic) bond motifs is 1. The van der Waals surface area contributed by atoms with Crippen molar-refractivity contribution in [1.29, 1.82) is 0 Å². The highest BCUT2D eigenvalue weighted by Crippen LogP contribution is 2.49. The number of rotatable bonds is 7. The number of alkyl halides is 2. The summed E-state index contributed by atoms with van der Waals surface area (Å²) >= 11 is 6.88. The van der Waals surface area contributed by atoms with E-state index in [2.05, 4.69) is 36.8 Å². The first-order chi connectivity index (χ1) is 12.0. The Kier molecular flexibility index (Phi) is 5.76. The predicted molar refractivity (Wildman–Crippen MR) is 103 cm³/mol. The van der Waals surface area contributed by atoms with Gasteiger partial charge in [0.15, 0.2) is 0 Å². The first-order valence-electron chi connectivity index (χ1n) is 7.91. The lowest BCUT2D eigenvalue weighted by Crippen LogP contribution is -2.34. The molecule has 0 fully saturated rings. The number of hydrogen-bond donors (Lipinski definition) is 0. The number of amides is 1. The highest BCUT2D eigenvalue weighted by atomic mass is 79.9. The predicted octanol–water partition coefficient (Wildman–Crippen LogP) is 3.99. The van der Waals surface area contributed by atoms with Crippen molar-refractivity contribution in [3.63, 3.8) is 0 Å². The molecule has 2 heterocycles. The second-order valence-corrected chi connectivity index (χ2v) is 9.09. The molecule has 7 heteroatoms. The fourth-order valence-electron chi connectivity index (χ4n) is 2.69. The van der Waals surface area contributed by atoms with Crippen LogP contribution in [-0.2, 0) is 19.4 Å². The number of aromatic nitrogens is 1. The SMILES string of the molecule is COc1ccc2c(n1)C(Br)(Br)C(=O)N2CCCOCc1ccccc1. The molecule has 0 aliphatic carbocycles. The van der Waals surface area contributed by atoms with Crippen molar-refractivity contribution in [1.82, 2.24) is 4.98 Å². The molecule has 2 aromatic rings. The van der Waals surface area contributed by atoms with Gasteiger partial charge in [-0.1, -0.05) is 62.2 Å². The van der Waals surface area contributed by atoms with Gasteiger partial charge in [-0.05, 0) is 18.1 Å². The van der Waals surface area contributed by atoms with E-state index >= 15 is 0 Å². The van der Waals surface area contributed by atoms with Crippen LogP contribution >= 0.6 is 31.9 Å². The van der Waals surface area contributed by atoms with Gasteiger partial charge in [-0.15, -0.1) is 0 Å². The van der Waals surface area contributed by atoms with Crippen molar-refractivity contribution < 1.29 is 14.3 Å². The normalized spacial score (nSPS) is 15.3. The number of ether oxygens (including phenoxy) is 2. The Morgan fingerprint density at radius 1 is 1.16 bits per heavy atom. The summed E-state index contributed by atoms with van der Waals surface area (Å²) in [4.78, 5) is 18.8. The number of benzene rings is 1. The van der Waals surface area contributed by atoms with Gasteiger partial charge >= 0.3 is 0 Å². The maximum absolute atomic E-state index is 12.7. The highest BCUT2D eigenvalue weighted by Gasteiger charge is 2.49. The molecular formula is C18H18Br2N2O3. The molecule has 0 atom stereocenters. The molecule has 0 saturated carbocycles. The quantitative estimate of drug-likeness (QED) is 0.454. The lowest BCUT2D eigenvalue weighted by Gasteiger charge is -2.18. The summed E-state index contributed by atoms with van der Waals surface area (Å²) in [5, 5.41) is 0. The van der Waals surface area contributed by atoms with Gasteiger partial charge in [-0.2, -0.15) is 0 Å². The molecule has 0 unspecified atom stereocenters. The van der Waals surface area contributed by atoms with Crippen LogP contribution in [0.2, 0.25) is 0 Å². The molecule has 1 aromatic heterocycles. The number of nitrogens with zero attached hydrogens (tertiary/aromatic N) is 2. The van der Waals surface area contributed by atoms with Crippen LogP contribution in [0.1, 0.15) is 17.7 Å². The number of anilines is 1. The van der Waals surface area contributed by atoms with Crippen molar-refractivity contribution in [3.05, 3.63) is 53.7 Å². The molecule has 132 valence electrons. The summed E-state index contributed by atoms with van der Waals surface area (Å²) < 4.78 is 9.84. The highest BCUT2D eigenvalue weighted by molar-refractivity contribution is 9.25. The zero-order valence-electron chi connectivity index (χ0n) is 13.7. The molecule has 1 aliphatic rings. The van der Waals surface area contributed by atoms with Crippen LogP contribution < -0.4 is 9.64 Å². The minimum Gasteiger partial charge on any atom is -0.481 e. The van der Waals surface area contributed by atoms with Gasteiger partial charge in [0, 0.05) is 19.2 Å². The Labute approximate surface area is 163 Å². The van der Waals surface area contributed by atoms with Crippen LogP contribution in [0.5, 0.6) is 5.88 Å². The van der Waals surface area contributed by atoms with E-state index in [0.717, 1.165) is 17.7 Å². The Morgan fingerprint density at radius 3 is 2.64 bits per heavy atom. The average molecular weight is 470 g/mol. The van der Waals surface area contributed by atoms with E-state index in [1.54, 1.807) is 18.1 Å². The molecule has 1 amide bonds. The van der Waals surface area contributed by atoms with Crippen molar-refractivity contribution in [3.8, 4) is 5.88 Å². The fourth-order valence-corrected chi connectivity index (χ4v) is 3.70. The fraction of sp³-hybridized carbons (Fsp3) is 0.333. The summed E-state index contributed by atoms with van der Waals surface area (Å²) in [6.07, 6.45) is 0.736. The van der Waals surface area contributed by atoms with Crippen molar-refractivity contribution >= 4 is 43.5 Å². The van der Waals surface area contributed by atoms with Crippen LogP contribution in [-0.4, -0.2) is 31.2 Å². The second-order valence-electron chi connectivity index (χ2n) is 5.64. The van der Waals surface area contributed by atoms with E-state index in [-0.39, 0.29) is 5.91 Å². The van der Waals surface area contributed by atoms with Gasteiger partial charge in [-0.25, -0.2) is 4.98 Å². The summed E-state index contributed by atoms with van der Waals surface area (Å²) in [6.45, 7) is 1.72. The standard InChI is InChI=1S/C18H18Br2N2O3/c1-24-15-9-8-14-16(21-15)18(19,20)17(23)22(14)10-5-11-25-12-13-6-3-2-4-7-13/h2-4,6-9H,5,10-12H2,1H3. The monoisotopic (exact) mass is 468 g/mol. The van der Waals surface area contributed by atoms with Crippen molar-refractivity contribution in [2.75, 3.05) is 25.2 Å². The minimum absolute atomic E-state index is 0.0914. The van der Waals surface area contributed by atoms with Crippen LogP contribution in [0.25, 0.3) is 0 Å². The summed E-state index contributed by atoms with van der Waals surface area (Å²) in [5.74, 6) is 0.384. The summed E-state index contributed by atoms with van der Waals surface area (Å²) in [6, 6.07) is 13.6. The van der Waals surface area contributed by atoms with Gasteiger partial charge < -0.3 is 14.4 Å². The second kappa shape index (κ2) is 7.85. The van der Waals surface area contributed by atoms with Crippen LogP contribution in [0.4, 0.5) is 5.69 Å². The molecule has 1 aliphatic heterocycles. The van der Waals surface area contributed by atoms with Gasteiger partial charge in [0.05, 0.1) is 19.4 Å². The van der Waals surface area contributed by atoms with Crippen molar-refractivity contribution in [2.45, 2.75) is 16.3 Å². The van der Waals surface area contributed by atoms with Gasteiger partial charge in [-0.3, -0.25) is 4.79 Å². The maximum atomic E-state index is 12.7. The lowest BCUT2D eigenvalue weighted by molar-refractivity contribution is -0.118. The molecule has 0 bridgehead atoms. The third kappa shape index (κ3) is 3.88. The van der Waals surface area contributed by atoms with Crippen LogP contribution in [0.3, 0.4) is 0 Å². The molecular weight excluding hydrogens is 452 g/mol. The van der Waals surface area contributed by atoms with Crippen LogP contribution in [0, 0.1) is 0 Å². The first kappa shape index (κ1) is 18.4. The molecule has 0 N–H and O–H groups in total. The topological polar surface area (TPSA) is 51.7 Å². The first-order valence-corrected chi connectivity index (χ1v) is 9.49. The number of methoxy groups -OCH3 is 1. The third-order valence-corrected chi connectivity index (χ3v) is 5.37. The van der Waals surface area contributed by atoms with E-state index < -0.39 is 3.23 Å². The number of hydrogen-bond acceptors (Lipinski definition) is 4. The van der Waals surface area contributed by atoms with E-state index in [1.807, 2.05) is 36.4 Å². The summed E-state index contributed by atoms with van der Waals surface area (Å²) in [7, 11) is 1.55. The molecule has 0 radical (unpaired) electrons. The maximum Gasteiger partial charge on any atom is 0.261 e. The number of carbonyl (C=O) groups excluding carboxylic acids is 1. The third-order valence-electron chi connectivity index (χ3n) is 3.94. The number of carbonyl (C=O) groups is 1. The zero-order valence-corrected chi connectivity index (χ0v) is 16.9. The van der Waals surface area contributed by atoms with Gasteiger partial charge in [0.2, 0.25) is 9.11 Å². The average Bonchev–Trinajstić information content (AvgIpc) is 2.82. The van der Waals surface area contributed by atoms with E-state index in [0.29, 0.717) is 31.3 Å². The molecule has 1 aromatic carbocycles.